The van der Waals surface area contributed by atoms with E-state index >= 15 is 0 Å². The van der Waals surface area contributed by atoms with Crippen molar-refractivity contribution in [3.8, 4) is 5.75 Å². The summed E-state index contributed by atoms with van der Waals surface area (Å²) in [6.45, 7) is 10.9. The molecule has 1 aliphatic carbocycles. The summed E-state index contributed by atoms with van der Waals surface area (Å²) in [5, 5.41) is 3.38. The van der Waals surface area contributed by atoms with Gasteiger partial charge in [0, 0.05) is 31.4 Å². The van der Waals surface area contributed by atoms with E-state index in [1.807, 2.05) is 0 Å². The van der Waals surface area contributed by atoms with E-state index in [4.69, 9.17) is 9.57 Å². The first-order chi connectivity index (χ1) is 19.6. The zero-order valence-corrected chi connectivity index (χ0v) is 25.2. The molecular formula is C34H52N4O2. The minimum atomic E-state index is 0.420. The number of aryl methyl sites for hydroxylation is 1. The van der Waals surface area contributed by atoms with Crippen molar-refractivity contribution in [3.05, 3.63) is 71.3 Å². The lowest BCUT2D eigenvalue weighted by atomic mass is 9.90. The van der Waals surface area contributed by atoms with Crippen molar-refractivity contribution >= 4 is 5.70 Å². The molecular weight excluding hydrogens is 496 g/mol. The summed E-state index contributed by atoms with van der Waals surface area (Å²) in [6.07, 6.45) is 14.2. The monoisotopic (exact) mass is 548 g/mol. The van der Waals surface area contributed by atoms with Gasteiger partial charge in [-0.3, -0.25) is 4.90 Å². The smallest absolute Gasteiger partial charge is 0.119 e. The average molecular weight is 549 g/mol. The molecule has 0 atom stereocenters. The van der Waals surface area contributed by atoms with Crippen LogP contribution < -0.4 is 15.5 Å². The van der Waals surface area contributed by atoms with E-state index in [1.165, 1.54) is 93.5 Å². The largest absolute Gasteiger partial charge is 0.490 e. The fourth-order valence-corrected chi connectivity index (χ4v) is 5.69. The Morgan fingerprint density at radius 3 is 2.20 bits per heavy atom. The fourth-order valence-electron chi connectivity index (χ4n) is 5.69. The van der Waals surface area contributed by atoms with Crippen molar-refractivity contribution in [2.45, 2.75) is 90.3 Å². The van der Waals surface area contributed by atoms with Gasteiger partial charge in [0.05, 0.1) is 13.8 Å². The van der Waals surface area contributed by atoms with Gasteiger partial charge in [0.15, 0.2) is 0 Å². The summed E-state index contributed by atoms with van der Waals surface area (Å²) in [5.74, 6) is 1.03. The second kappa shape index (κ2) is 16.8. The third kappa shape index (κ3) is 9.91. The molecule has 0 aromatic heterocycles. The number of benzene rings is 2. The van der Waals surface area contributed by atoms with Crippen LogP contribution in [0.4, 0.5) is 0 Å². The van der Waals surface area contributed by atoms with Crippen molar-refractivity contribution in [3.63, 3.8) is 0 Å². The number of piperidine rings is 1. The van der Waals surface area contributed by atoms with Gasteiger partial charge in [0.2, 0.25) is 0 Å². The van der Waals surface area contributed by atoms with Crippen molar-refractivity contribution in [1.82, 2.24) is 20.6 Å². The number of rotatable bonds is 12. The van der Waals surface area contributed by atoms with Crippen molar-refractivity contribution in [2.24, 2.45) is 0 Å². The summed E-state index contributed by atoms with van der Waals surface area (Å²) >= 11 is 0. The van der Waals surface area contributed by atoms with Gasteiger partial charge in [0.1, 0.15) is 11.9 Å². The molecule has 2 N–H and O–H groups in total. The summed E-state index contributed by atoms with van der Waals surface area (Å²) in [7, 11) is 1.63. The first-order valence-corrected chi connectivity index (χ1v) is 15.6. The van der Waals surface area contributed by atoms with Gasteiger partial charge in [-0.15, -0.1) is 0 Å². The van der Waals surface area contributed by atoms with Crippen molar-refractivity contribution in [1.29, 1.82) is 0 Å². The number of hydroxylamine groups is 1. The van der Waals surface area contributed by atoms with Crippen LogP contribution in [0.1, 0.15) is 81.4 Å². The Bertz CT molecular complexity index is 990. The number of nitrogens with zero attached hydrogens (tertiary/aromatic N) is 2. The fraction of sp³-hybridized carbons (Fsp3) is 0.588. The Hall–Kier alpha value is -2.38. The number of ether oxygens (including phenoxy) is 1. The number of unbranched alkanes of at least 4 members (excludes halogenated alkanes) is 1. The van der Waals surface area contributed by atoms with Crippen LogP contribution in [0.15, 0.2) is 54.6 Å². The molecule has 3 aliphatic rings. The topological polar surface area (TPSA) is 49.0 Å². The Morgan fingerprint density at radius 2 is 1.60 bits per heavy atom. The van der Waals surface area contributed by atoms with Gasteiger partial charge in [-0.1, -0.05) is 67.8 Å². The Morgan fingerprint density at radius 1 is 0.900 bits per heavy atom. The predicted molar refractivity (Wildman–Crippen MR) is 166 cm³/mol. The van der Waals surface area contributed by atoms with E-state index in [0.717, 1.165) is 31.2 Å². The summed E-state index contributed by atoms with van der Waals surface area (Å²) in [4.78, 5) is 10.1. The normalized spacial score (nSPS) is 19.1. The van der Waals surface area contributed by atoms with Crippen LogP contribution in [0, 0.1) is 6.92 Å². The minimum Gasteiger partial charge on any atom is -0.490 e. The van der Waals surface area contributed by atoms with E-state index in [-0.39, 0.29) is 0 Å². The number of likely N-dealkylation sites (tertiary alicyclic amines) is 2. The van der Waals surface area contributed by atoms with Gasteiger partial charge in [-0.05, 0) is 88.2 Å². The highest BCUT2D eigenvalue weighted by molar-refractivity contribution is 5.64. The van der Waals surface area contributed by atoms with Crippen LogP contribution in [0.5, 0.6) is 5.75 Å². The lowest BCUT2D eigenvalue weighted by Crippen LogP contribution is -2.46. The third-order valence-corrected chi connectivity index (χ3v) is 8.39. The number of hydrogen-bond acceptors (Lipinski definition) is 6. The number of nitrogens with one attached hydrogen (secondary N) is 2. The van der Waals surface area contributed by atoms with Crippen LogP contribution in [-0.2, 0) is 11.4 Å². The number of hydrogen-bond donors (Lipinski definition) is 2. The van der Waals surface area contributed by atoms with E-state index in [0.29, 0.717) is 12.8 Å². The molecule has 2 aromatic carbocycles. The first-order valence-electron chi connectivity index (χ1n) is 15.6. The summed E-state index contributed by atoms with van der Waals surface area (Å²) in [6, 6.07) is 18.3. The lowest BCUT2D eigenvalue weighted by Gasteiger charge is -2.41. The number of allylic oxidation sites excluding steroid dienone is 1. The molecule has 2 aliphatic heterocycles. The molecule has 0 bridgehead atoms. The zero-order chi connectivity index (χ0) is 28.0. The maximum atomic E-state index is 6.06. The SMILES string of the molecule is CCCC=C(NCNOC)c1ccc(CN2CCCC2)cc1.Cc1ccc(OC2CCN(C3CCC3)CC2)cc1. The molecule has 6 nitrogen and oxygen atoms in total. The second-order valence-corrected chi connectivity index (χ2v) is 11.5. The van der Waals surface area contributed by atoms with Crippen LogP contribution in [0.3, 0.4) is 0 Å². The van der Waals surface area contributed by atoms with Gasteiger partial charge in [-0.2, -0.15) is 5.48 Å². The van der Waals surface area contributed by atoms with Crippen LogP contribution in [-0.4, -0.2) is 61.9 Å². The molecule has 3 fully saturated rings. The molecule has 0 spiro atoms. The Labute approximate surface area is 243 Å². The highest BCUT2D eigenvalue weighted by atomic mass is 16.6. The zero-order valence-electron chi connectivity index (χ0n) is 25.2. The quantitative estimate of drug-likeness (QED) is 0.179. The third-order valence-electron chi connectivity index (χ3n) is 8.39. The molecule has 2 aromatic rings. The molecule has 220 valence electrons. The molecule has 2 saturated heterocycles. The Balaban J connectivity index is 0.000000188. The second-order valence-electron chi connectivity index (χ2n) is 11.5. The average Bonchev–Trinajstić information content (AvgIpc) is 3.46. The maximum Gasteiger partial charge on any atom is 0.119 e. The molecule has 1 saturated carbocycles. The molecule has 0 amide bonds. The minimum absolute atomic E-state index is 0.420. The first kappa shape index (κ1) is 30.6. The molecule has 40 heavy (non-hydrogen) atoms. The van der Waals surface area contributed by atoms with E-state index in [9.17, 15) is 0 Å². The van der Waals surface area contributed by atoms with Crippen molar-refractivity contribution < 1.29 is 9.57 Å². The maximum absolute atomic E-state index is 6.06. The molecule has 0 unspecified atom stereocenters. The van der Waals surface area contributed by atoms with Crippen LogP contribution >= 0.6 is 0 Å². The standard InChI is InChI=1S/C18H29N3O.C16H23NO/c1-3-4-7-18(19-15-20-22-2)17-10-8-16(9-11-17)14-21-12-5-6-13-21;1-13-5-7-15(8-6-13)18-16-9-11-17(12-10-16)14-3-2-4-14/h7-11,19-20H,3-6,12-15H2,1-2H3;5-8,14,16H,2-4,9-12H2,1H3. The van der Waals surface area contributed by atoms with Gasteiger partial charge < -0.3 is 19.8 Å². The van der Waals surface area contributed by atoms with E-state index < -0.39 is 0 Å². The highest BCUT2D eigenvalue weighted by Crippen LogP contribution is 2.28. The van der Waals surface area contributed by atoms with E-state index in [2.05, 4.69) is 89.1 Å². The highest BCUT2D eigenvalue weighted by Gasteiger charge is 2.29. The predicted octanol–water partition coefficient (Wildman–Crippen LogP) is 6.51. The van der Waals surface area contributed by atoms with Gasteiger partial charge in [-0.25, -0.2) is 0 Å². The molecule has 6 heteroatoms. The summed E-state index contributed by atoms with van der Waals surface area (Å²) in [5.41, 5.74) is 7.92. The van der Waals surface area contributed by atoms with Crippen LogP contribution in [0.25, 0.3) is 5.70 Å². The van der Waals surface area contributed by atoms with E-state index in [1.54, 1.807) is 7.11 Å². The van der Waals surface area contributed by atoms with Gasteiger partial charge >= 0.3 is 0 Å². The van der Waals surface area contributed by atoms with Gasteiger partial charge in [0.25, 0.3) is 0 Å². The molecule has 0 radical (unpaired) electrons. The van der Waals surface area contributed by atoms with Crippen LogP contribution in [0.2, 0.25) is 0 Å². The lowest BCUT2D eigenvalue weighted by molar-refractivity contribution is 0.0493. The summed E-state index contributed by atoms with van der Waals surface area (Å²) < 4.78 is 6.06. The Kier molecular flexibility index (Phi) is 12.8. The molecule has 2 heterocycles. The molecule has 5 rings (SSSR count). The van der Waals surface area contributed by atoms with Crippen molar-refractivity contribution in [2.75, 3.05) is 40.0 Å².